The fraction of sp³-hybridized carbons (Fsp3) is 0.0909. The maximum atomic E-state index is 12.5. The third-order valence-corrected chi connectivity index (χ3v) is 6.29. The summed E-state index contributed by atoms with van der Waals surface area (Å²) in [5, 5.41) is 0.851. The van der Waals surface area contributed by atoms with Crippen LogP contribution in [0.3, 0.4) is 0 Å². The van der Waals surface area contributed by atoms with E-state index < -0.39 is 15.6 Å². The minimum absolute atomic E-state index is 0.0139. The Kier molecular flexibility index (Phi) is 5.77. The number of fused-ring (bicyclic) bond motifs is 1. The molecule has 0 saturated carbocycles. The zero-order valence-electron chi connectivity index (χ0n) is 17.0. The number of aryl methyl sites for hydroxylation is 2. The Balaban J connectivity index is 1.59. The lowest BCUT2D eigenvalue weighted by molar-refractivity contribution is 0.560. The molecule has 162 valence electrons. The van der Waals surface area contributed by atoms with E-state index in [-0.39, 0.29) is 21.4 Å². The summed E-state index contributed by atoms with van der Waals surface area (Å²) in [6.07, 6.45) is 2.77. The van der Waals surface area contributed by atoms with Gasteiger partial charge in [0.2, 0.25) is 5.95 Å². The van der Waals surface area contributed by atoms with Crippen LogP contribution < -0.4 is 10.3 Å². The second-order valence-electron chi connectivity index (χ2n) is 7.00. The number of anilines is 1. The van der Waals surface area contributed by atoms with Crippen molar-refractivity contribution in [3.63, 3.8) is 0 Å². The van der Waals surface area contributed by atoms with Gasteiger partial charge >= 0.3 is 5.63 Å². The molecule has 0 atom stereocenters. The van der Waals surface area contributed by atoms with Crippen molar-refractivity contribution in [1.82, 2.24) is 9.97 Å². The first-order valence-electron chi connectivity index (χ1n) is 9.42. The van der Waals surface area contributed by atoms with Gasteiger partial charge in [0.15, 0.2) is 0 Å². The lowest BCUT2D eigenvalue weighted by Gasteiger charge is -2.07. The van der Waals surface area contributed by atoms with Crippen LogP contribution in [-0.4, -0.2) is 24.6 Å². The SMILES string of the molecule is Cc1ccc2oc(=O)c(C=Nc3ccc(S(=O)(=O)Nc4nccc(C)n4)cc3)c(Cl)c2c1. The van der Waals surface area contributed by atoms with E-state index in [4.69, 9.17) is 16.0 Å². The molecule has 0 aliphatic heterocycles. The Labute approximate surface area is 188 Å². The molecule has 0 spiro atoms. The van der Waals surface area contributed by atoms with Gasteiger partial charge in [-0.1, -0.05) is 23.2 Å². The Morgan fingerprint density at radius 1 is 1.09 bits per heavy atom. The normalized spacial score (nSPS) is 11.8. The van der Waals surface area contributed by atoms with Crippen molar-refractivity contribution in [2.24, 2.45) is 4.99 Å². The first kappa shape index (κ1) is 21.7. The topological polar surface area (TPSA) is 115 Å². The van der Waals surface area contributed by atoms with E-state index in [0.717, 1.165) is 5.56 Å². The summed E-state index contributed by atoms with van der Waals surface area (Å²) < 4.78 is 32.7. The van der Waals surface area contributed by atoms with Gasteiger partial charge in [-0.05, 0) is 56.3 Å². The predicted octanol–water partition coefficient (Wildman–Crippen LogP) is 4.40. The first-order valence-corrected chi connectivity index (χ1v) is 11.3. The fourth-order valence-electron chi connectivity index (χ4n) is 2.93. The van der Waals surface area contributed by atoms with Gasteiger partial charge in [-0.2, -0.15) is 0 Å². The molecular weight excluding hydrogens is 452 g/mol. The van der Waals surface area contributed by atoms with Gasteiger partial charge in [0.25, 0.3) is 10.0 Å². The third-order valence-electron chi connectivity index (χ3n) is 4.54. The van der Waals surface area contributed by atoms with E-state index >= 15 is 0 Å². The highest BCUT2D eigenvalue weighted by Crippen LogP contribution is 2.26. The predicted molar refractivity (Wildman–Crippen MR) is 124 cm³/mol. The van der Waals surface area contributed by atoms with Gasteiger partial charge in [-0.15, -0.1) is 0 Å². The molecule has 1 N–H and O–H groups in total. The third kappa shape index (κ3) is 4.53. The van der Waals surface area contributed by atoms with Crippen molar-refractivity contribution in [1.29, 1.82) is 0 Å². The molecule has 0 unspecified atom stereocenters. The smallest absolute Gasteiger partial charge is 0.346 e. The number of benzene rings is 2. The quantitative estimate of drug-likeness (QED) is 0.343. The number of hydrogen-bond acceptors (Lipinski definition) is 7. The highest BCUT2D eigenvalue weighted by molar-refractivity contribution is 7.92. The average molecular weight is 469 g/mol. The molecule has 2 aromatic carbocycles. The van der Waals surface area contributed by atoms with Crippen molar-refractivity contribution in [3.05, 3.63) is 87.0 Å². The summed E-state index contributed by atoms with van der Waals surface area (Å²) in [6, 6.07) is 12.8. The van der Waals surface area contributed by atoms with Crippen molar-refractivity contribution in [3.8, 4) is 0 Å². The maximum absolute atomic E-state index is 12.5. The second-order valence-corrected chi connectivity index (χ2v) is 9.06. The van der Waals surface area contributed by atoms with Gasteiger partial charge in [0.05, 0.1) is 21.2 Å². The van der Waals surface area contributed by atoms with Gasteiger partial charge < -0.3 is 4.42 Å². The molecule has 4 rings (SSSR count). The zero-order chi connectivity index (χ0) is 22.9. The van der Waals surface area contributed by atoms with Crippen LogP contribution in [0.2, 0.25) is 5.02 Å². The summed E-state index contributed by atoms with van der Waals surface area (Å²) >= 11 is 6.41. The molecular formula is C22H17ClN4O4S. The van der Waals surface area contributed by atoms with Crippen molar-refractivity contribution in [2.75, 3.05) is 4.72 Å². The summed E-state index contributed by atoms with van der Waals surface area (Å²) in [7, 11) is -3.87. The summed E-state index contributed by atoms with van der Waals surface area (Å²) in [5.41, 5.74) is 1.92. The van der Waals surface area contributed by atoms with E-state index in [0.29, 0.717) is 22.4 Å². The number of rotatable bonds is 5. The standard InChI is InChI=1S/C22H17ClN4O4S/c1-13-3-8-19-17(11-13)20(23)18(21(28)31-19)12-25-15-4-6-16(7-5-15)32(29,30)27-22-24-10-9-14(2)26-22/h3-12H,1-2H3,(H,24,26,27). The van der Waals surface area contributed by atoms with Crippen molar-refractivity contribution < 1.29 is 12.8 Å². The number of nitrogens with zero attached hydrogens (tertiary/aromatic N) is 3. The molecule has 0 amide bonds. The minimum Gasteiger partial charge on any atom is -0.422 e. The molecule has 4 aromatic rings. The Morgan fingerprint density at radius 3 is 2.56 bits per heavy atom. The van der Waals surface area contributed by atoms with Gasteiger partial charge in [-0.25, -0.2) is 27.9 Å². The molecule has 8 nitrogen and oxygen atoms in total. The summed E-state index contributed by atoms with van der Waals surface area (Å²) in [4.78, 5) is 24.5. The molecule has 0 aliphatic carbocycles. The minimum atomic E-state index is -3.87. The van der Waals surface area contributed by atoms with E-state index in [1.54, 1.807) is 19.1 Å². The second kappa shape index (κ2) is 8.52. The van der Waals surface area contributed by atoms with E-state index in [9.17, 15) is 13.2 Å². The summed E-state index contributed by atoms with van der Waals surface area (Å²) in [5.74, 6) is -0.0139. The molecule has 0 fully saturated rings. The molecule has 0 saturated heterocycles. The molecule has 2 heterocycles. The van der Waals surface area contributed by atoms with Gasteiger partial charge in [0, 0.05) is 23.5 Å². The number of aliphatic imine (C=N–C) groups is 1. The van der Waals surface area contributed by atoms with Gasteiger partial charge in [-0.3, -0.25) is 4.99 Å². The maximum Gasteiger partial charge on any atom is 0.346 e. The van der Waals surface area contributed by atoms with Crippen LogP contribution in [0.4, 0.5) is 11.6 Å². The van der Waals surface area contributed by atoms with E-state index in [1.165, 1.54) is 36.7 Å². The lowest BCUT2D eigenvalue weighted by Crippen LogP contribution is -2.15. The van der Waals surface area contributed by atoms with Crippen LogP contribution in [0.15, 0.2) is 73.8 Å². The van der Waals surface area contributed by atoms with E-state index in [2.05, 4.69) is 19.7 Å². The first-order chi connectivity index (χ1) is 15.2. The van der Waals surface area contributed by atoms with Crippen LogP contribution in [0.5, 0.6) is 0 Å². The zero-order valence-corrected chi connectivity index (χ0v) is 18.6. The fourth-order valence-corrected chi connectivity index (χ4v) is 4.16. The largest absolute Gasteiger partial charge is 0.422 e. The van der Waals surface area contributed by atoms with Crippen LogP contribution in [-0.2, 0) is 10.0 Å². The lowest BCUT2D eigenvalue weighted by atomic mass is 10.1. The Morgan fingerprint density at radius 2 is 1.84 bits per heavy atom. The van der Waals surface area contributed by atoms with E-state index in [1.807, 2.05) is 19.1 Å². The number of halogens is 1. The highest BCUT2D eigenvalue weighted by atomic mass is 35.5. The molecule has 2 aromatic heterocycles. The molecule has 0 bridgehead atoms. The Bertz CT molecular complexity index is 1510. The number of nitrogens with one attached hydrogen (secondary N) is 1. The molecule has 0 radical (unpaired) electrons. The van der Waals surface area contributed by atoms with Crippen LogP contribution >= 0.6 is 11.6 Å². The number of sulfonamides is 1. The van der Waals surface area contributed by atoms with Crippen LogP contribution in [0.1, 0.15) is 16.8 Å². The average Bonchev–Trinajstić information content (AvgIpc) is 2.74. The number of aromatic nitrogens is 2. The van der Waals surface area contributed by atoms with Crippen LogP contribution in [0.25, 0.3) is 11.0 Å². The highest BCUT2D eigenvalue weighted by Gasteiger charge is 2.16. The molecule has 32 heavy (non-hydrogen) atoms. The van der Waals surface area contributed by atoms with Crippen molar-refractivity contribution in [2.45, 2.75) is 18.7 Å². The molecule has 10 heteroatoms. The van der Waals surface area contributed by atoms with Crippen LogP contribution in [0, 0.1) is 13.8 Å². The summed E-state index contributed by atoms with van der Waals surface area (Å²) in [6.45, 7) is 3.64. The van der Waals surface area contributed by atoms with Crippen molar-refractivity contribution >= 4 is 50.4 Å². The molecule has 0 aliphatic rings. The number of hydrogen-bond donors (Lipinski definition) is 1. The van der Waals surface area contributed by atoms with Gasteiger partial charge in [0.1, 0.15) is 5.58 Å². The monoisotopic (exact) mass is 468 g/mol. The Hall–Kier alpha value is -3.56.